The molecule has 7 nitrogen and oxygen atoms in total. The van der Waals surface area contributed by atoms with Crippen LogP contribution in [0.4, 0.5) is 0 Å². The summed E-state index contributed by atoms with van der Waals surface area (Å²) >= 11 is 0. The Hall–Kier alpha value is -2.12. The Bertz CT molecular complexity index is 580. The third-order valence-electron chi connectivity index (χ3n) is 3.68. The topological polar surface area (TPSA) is 127 Å². The number of halogens is 1. The lowest BCUT2D eigenvalue weighted by Gasteiger charge is -2.28. The van der Waals surface area contributed by atoms with E-state index < -0.39 is 29.3 Å². The lowest BCUT2D eigenvalue weighted by atomic mass is 9.91. The van der Waals surface area contributed by atoms with Crippen molar-refractivity contribution in [1.82, 2.24) is 10.6 Å². The first-order valence-corrected chi connectivity index (χ1v) is 7.38. The van der Waals surface area contributed by atoms with Gasteiger partial charge >= 0.3 is 0 Å². The minimum atomic E-state index is -1.36. The molecule has 0 aromatic heterocycles. The van der Waals surface area contributed by atoms with Crippen LogP contribution in [0.1, 0.15) is 26.3 Å². The van der Waals surface area contributed by atoms with Crippen molar-refractivity contribution in [3.05, 3.63) is 35.9 Å². The highest BCUT2D eigenvalue weighted by molar-refractivity contribution is 5.93. The van der Waals surface area contributed by atoms with E-state index in [1.54, 1.807) is 30.3 Å². The lowest BCUT2D eigenvalue weighted by molar-refractivity contribution is -0.132. The second kappa shape index (κ2) is 9.24. The summed E-state index contributed by atoms with van der Waals surface area (Å²) in [6.07, 6.45) is 0. The largest absolute Gasteiger partial charge is 0.367 e. The molecule has 0 saturated carbocycles. The highest BCUT2D eigenvalue weighted by Gasteiger charge is 2.34. The van der Waals surface area contributed by atoms with Crippen molar-refractivity contribution in [2.45, 2.75) is 32.4 Å². The predicted molar refractivity (Wildman–Crippen MR) is 94.2 cm³/mol. The van der Waals surface area contributed by atoms with E-state index in [9.17, 15) is 14.4 Å². The van der Waals surface area contributed by atoms with Crippen LogP contribution in [0.3, 0.4) is 0 Å². The standard InChI is InChI=1S/C16H24N4O3.ClH/c1-10(2)13(17)14(22)19-9-12(21)20-16(3,15(18)23)11-7-5-4-6-8-11;/h4-8,10,13H,9,17H2,1-3H3,(H2,18,23)(H,19,22)(H,20,21);1H/t13-,16?;/m0./s1. The number of carbonyl (C=O) groups is 3. The van der Waals surface area contributed by atoms with Gasteiger partial charge in [-0.25, -0.2) is 0 Å². The number of hydrogen-bond acceptors (Lipinski definition) is 4. The normalized spacial score (nSPS) is 14.0. The molecule has 134 valence electrons. The fraction of sp³-hybridized carbons (Fsp3) is 0.438. The van der Waals surface area contributed by atoms with Crippen LogP contribution in [0.25, 0.3) is 0 Å². The van der Waals surface area contributed by atoms with Gasteiger partial charge in [-0.2, -0.15) is 0 Å². The molecule has 0 aliphatic carbocycles. The van der Waals surface area contributed by atoms with Gasteiger partial charge in [0.25, 0.3) is 0 Å². The van der Waals surface area contributed by atoms with Gasteiger partial charge in [-0.05, 0) is 18.4 Å². The van der Waals surface area contributed by atoms with E-state index in [0.29, 0.717) is 5.56 Å². The quantitative estimate of drug-likeness (QED) is 0.549. The minimum absolute atomic E-state index is 0. The maximum Gasteiger partial charge on any atom is 0.247 e. The Balaban J connectivity index is 0.00000529. The molecule has 24 heavy (non-hydrogen) atoms. The number of amides is 3. The van der Waals surface area contributed by atoms with E-state index in [0.717, 1.165) is 0 Å². The molecule has 6 N–H and O–H groups in total. The van der Waals surface area contributed by atoms with Gasteiger partial charge in [0.05, 0.1) is 12.6 Å². The number of rotatable bonds is 7. The zero-order valence-electron chi connectivity index (χ0n) is 14.0. The van der Waals surface area contributed by atoms with Gasteiger partial charge in [-0.3, -0.25) is 14.4 Å². The molecule has 0 bridgehead atoms. The first kappa shape index (κ1) is 21.9. The van der Waals surface area contributed by atoms with E-state index >= 15 is 0 Å². The molecule has 0 aliphatic heterocycles. The monoisotopic (exact) mass is 356 g/mol. The highest BCUT2D eigenvalue weighted by atomic mass is 35.5. The van der Waals surface area contributed by atoms with Crippen LogP contribution in [0.2, 0.25) is 0 Å². The van der Waals surface area contributed by atoms with Crippen molar-refractivity contribution >= 4 is 30.1 Å². The zero-order chi connectivity index (χ0) is 17.6. The molecule has 0 saturated heterocycles. The summed E-state index contributed by atoms with van der Waals surface area (Å²) < 4.78 is 0. The van der Waals surface area contributed by atoms with Crippen LogP contribution in [0.5, 0.6) is 0 Å². The molecule has 2 atom stereocenters. The molecule has 1 rings (SSSR count). The van der Waals surface area contributed by atoms with E-state index in [-0.39, 0.29) is 24.9 Å². The summed E-state index contributed by atoms with van der Waals surface area (Å²) in [5, 5.41) is 5.01. The molecule has 1 unspecified atom stereocenters. The molecule has 0 radical (unpaired) electrons. The summed E-state index contributed by atoms with van der Waals surface area (Å²) in [5.74, 6) is -1.68. The van der Waals surface area contributed by atoms with Gasteiger partial charge in [0.1, 0.15) is 5.54 Å². The van der Waals surface area contributed by atoms with Gasteiger partial charge in [0, 0.05) is 0 Å². The van der Waals surface area contributed by atoms with Crippen molar-refractivity contribution in [1.29, 1.82) is 0 Å². The number of nitrogens with one attached hydrogen (secondary N) is 2. The fourth-order valence-corrected chi connectivity index (χ4v) is 1.96. The van der Waals surface area contributed by atoms with Crippen molar-refractivity contribution in [2.75, 3.05) is 6.54 Å². The SMILES string of the molecule is CC(C)[C@H](N)C(=O)NCC(=O)NC(C)(C(N)=O)c1ccccc1.Cl. The molecule has 0 spiro atoms. The van der Waals surface area contributed by atoms with Gasteiger partial charge in [-0.15, -0.1) is 12.4 Å². The van der Waals surface area contributed by atoms with Crippen molar-refractivity contribution in [2.24, 2.45) is 17.4 Å². The molecular weight excluding hydrogens is 332 g/mol. The summed E-state index contributed by atoms with van der Waals surface area (Å²) in [6, 6.07) is 7.97. The van der Waals surface area contributed by atoms with Crippen molar-refractivity contribution in [3.63, 3.8) is 0 Å². The maximum absolute atomic E-state index is 12.1. The number of hydrogen-bond donors (Lipinski definition) is 4. The number of benzene rings is 1. The van der Waals surface area contributed by atoms with Crippen molar-refractivity contribution < 1.29 is 14.4 Å². The zero-order valence-corrected chi connectivity index (χ0v) is 14.9. The lowest BCUT2D eigenvalue weighted by Crippen LogP contribution is -2.55. The van der Waals surface area contributed by atoms with E-state index in [2.05, 4.69) is 10.6 Å². The fourth-order valence-electron chi connectivity index (χ4n) is 1.96. The van der Waals surface area contributed by atoms with Crippen LogP contribution >= 0.6 is 12.4 Å². The Morgan fingerprint density at radius 1 is 1.17 bits per heavy atom. The second-order valence-electron chi connectivity index (χ2n) is 5.89. The Labute approximate surface area is 147 Å². The van der Waals surface area contributed by atoms with E-state index in [4.69, 9.17) is 11.5 Å². The molecule has 1 aromatic carbocycles. The first-order valence-electron chi connectivity index (χ1n) is 7.38. The highest BCUT2D eigenvalue weighted by Crippen LogP contribution is 2.19. The third kappa shape index (κ3) is 5.50. The summed E-state index contributed by atoms with van der Waals surface area (Å²) in [5.41, 5.74) is 10.3. The average molecular weight is 357 g/mol. The molecule has 0 heterocycles. The second-order valence-corrected chi connectivity index (χ2v) is 5.89. The van der Waals surface area contributed by atoms with Gasteiger partial charge in [-0.1, -0.05) is 44.2 Å². The number of nitrogens with two attached hydrogens (primary N) is 2. The van der Waals surface area contributed by atoms with Crippen LogP contribution in [0.15, 0.2) is 30.3 Å². The molecule has 8 heteroatoms. The van der Waals surface area contributed by atoms with Crippen LogP contribution in [-0.2, 0) is 19.9 Å². The summed E-state index contributed by atoms with van der Waals surface area (Å²) in [7, 11) is 0. The maximum atomic E-state index is 12.1. The molecule has 0 fully saturated rings. The van der Waals surface area contributed by atoms with Crippen molar-refractivity contribution in [3.8, 4) is 0 Å². The Kier molecular flexibility index (Phi) is 8.43. The van der Waals surface area contributed by atoms with Crippen LogP contribution < -0.4 is 22.1 Å². The molecule has 0 aliphatic rings. The Morgan fingerprint density at radius 2 is 1.71 bits per heavy atom. The van der Waals surface area contributed by atoms with Gasteiger partial charge < -0.3 is 22.1 Å². The number of primary amides is 1. The minimum Gasteiger partial charge on any atom is -0.367 e. The first-order chi connectivity index (χ1) is 10.7. The predicted octanol–water partition coefficient (Wildman–Crippen LogP) is 0.0246. The smallest absolute Gasteiger partial charge is 0.247 e. The van der Waals surface area contributed by atoms with E-state index in [1.807, 2.05) is 13.8 Å². The van der Waals surface area contributed by atoms with Gasteiger partial charge in [0.15, 0.2) is 0 Å². The van der Waals surface area contributed by atoms with E-state index in [1.165, 1.54) is 6.92 Å². The Morgan fingerprint density at radius 3 is 2.17 bits per heavy atom. The molecule has 1 aromatic rings. The van der Waals surface area contributed by atoms with Gasteiger partial charge in [0.2, 0.25) is 17.7 Å². The van der Waals surface area contributed by atoms with Crippen LogP contribution in [-0.4, -0.2) is 30.3 Å². The number of carbonyl (C=O) groups excluding carboxylic acids is 3. The molecule has 3 amide bonds. The van der Waals surface area contributed by atoms with Crippen LogP contribution in [0, 0.1) is 5.92 Å². The summed E-state index contributed by atoms with van der Waals surface area (Å²) in [6.45, 7) is 4.85. The third-order valence-corrected chi connectivity index (χ3v) is 3.68. The summed E-state index contributed by atoms with van der Waals surface area (Å²) in [4.78, 5) is 35.6. The molecular formula is C16H25ClN4O3. The average Bonchev–Trinajstić information content (AvgIpc) is 2.52.